The van der Waals surface area contributed by atoms with E-state index in [2.05, 4.69) is 15.6 Å². The van der Waals surface area contributed by atoms with Crippen molar-refractivity contribution in [2.45, 2.75) is 25.4 Å². The first-order chi connectivity index (χ1) is 10.2. The van der Waals surface area contributed by atoms with Crippen molar-refractivity contribution in [1.29, 1.82) is 0 Å². The van der Waals surface area contributed by atoms with Crippen LogP contribution in [0.15, 0.2) is 23.2 Å². The minimum Gasteiger partial charge on any atom is -0.496 e. The van der Waals surface area contributed by atoms with Crippen molar-refractivity contribution >= 4 is 29.3 Å². The average molecular weight is 328 g/mol. The summed E-state index contributed by atoms with van der Waals surface area (Å²) in [7, 11) is 3.45. The molecule has 0 saturated carbocycles. The summed E-state index contributed by atoms with van der Waals surface area (Å²) in [6.45, 7) is 0.653. The predicted octanol–water partition coefficient (Wildman–Crippen LogP) is 2.91. The highest BCUT2D eigenvalue weighted by Crippen LogP contribution is 2.23. The van der Waals surface area contributed by atoms with Gasteiger partial charge in [-0.1, -0.05) is 17.7 Å². The Labute approximate surface area is 135 Å². The molecule has 0 amide bonds. The van der Waals surface area contributed by atoms with E-state index in [9.17, 15) is 0 Å². The first-order valence-electron chi connectivity index (χ1n) is 7.10. The van der Waals surface area contributed by atoms with Crippen molar-refractivity contribution in [1.82, 2.24) is 10.6 Å². The second kappa shape index (κ2) is 8.39. The van der Waals surface area contributed by atoms with Crippen LogP contribution in [0.4, 0.5) is 0 Å². The van der Waals surface area contributed by atoms with Crippen LogP contribution in [-0.2, 0) is 6.54 Å². The molecule has 1 aromatic carbocycles. The Morgan fingerprint density at radius 3 is 3.05 bits per heavy atom. The number of guanidine groups is 1. The molecule has 4 nitrogen and oxygen atoms in total. The van der Waals surface area contributed by atoms with Crippen LogP contribution in [0.1, 0.15) is 18.4 Å². The summed E-state index contributed by atoms with van der Waals surface area (Å²) < 4.78 is 5.35. The molecular weight excluding hydrogens is 306 g/mol. The van der Waals surface area contributed by atoms with Gasteiger partial charge in [-0.25, -0.2) is 0 Å². The molecule has 2 rings (SSSR count). The number of methoxy groups -OCH3 is 1. The monoisotopic (exact) mass is 327 g/mol. The molecule has 21 heavy (non-hydrogen) atoms. The number of thioether (sulfide) groups is 1. The summed E-state index contributed by atoms with van der Waals surface area (Å²) in [6, 6.07) is 6.17. The fourth-order valence-electron chi connectivity index (χ4n) is 2.29. The quantitative estimate of drug-likeness (QED) is 0.659. The van der Waals surface area contributed by atoms with Gasteiger partial charge in [0.1, 0.15) is 5.75 Å². The molecule has 1 unspecified atom stereocenters. The molecule has 1 fully saturated rings. The number of nitrogens with one attached hydrogen (secondary N) is 2. The van der Waals surface area contributed by atoms with E-state index >= 15 is 0 Å². The number of aliphatic imine (C=N–C) groups is 1. The zero-order chi connectivity index (χ0) is 15.1. The van der Waals surface area contributed by atoms with E-state index in [0.29, 0.717) is 17.6 Å². The van der Waals surface area contributed by atoms with Gasteiger partial charge in [-0.2, -0.15) is 11.8 Å². The summed E-state index contributed by atoms with van der Waals surface area (Å²) in [5.41, 5.74) is 1.06. The van der Waals surface area contributed by atoms with Crippen LogP contribution in [0.25, 0.3) is 0 Å². The maximum atomic E-state index is 5.98. The summed E-state index contributed by atoms with van der Waals surface area (Å²) >= 11 is 7.97. The molecule has 0 spiro atoms. The highest BCUT2D eigenvalue weighted by Gasteiger charge is 2.15. The Hall–Kier alpha value is -1.07. The van der Waals surface area contributed by atoms with Crippen molar-refractivity contribution in [2.75, 3.05) is 25.7 Å². The van der Waals surface area contributed by atoms with Gasteiger partial charge in [-0.3, -0.25) is 4.99 Å². The Kier molecular flexibility index (Phi) is 6.51. The van der Waals surface area contributed by atoms with E-state index in [0.717, 1.165) is 23.0 Å². The van der Waals surface area contributed by atoms with Crippen LogP contribution < -0.4 is 15.4 Å². The maximum absolute atomic E-state index is 5.98. The number of hydrogen-bond donors (Lipinski definition) is 2. The molecule has 0 aromatic heterocycles. The lowest BCUT2D eigenvalue weighted by Crippen LogP contribution is -2.45. The highest BCUT2D eigenvalue weighted by molar-refractivity contribution is 7.99. The predicted molar refractivity (Wildman–Crippen MR) is 91.7 cm³/mol. The molecule has 6 heteroatoms. The lowest BCUT2D eigenvalue weighted by atomic mass is 10.2. The zero-order valence-corrected chi connectivity index (χ0v) is 14.1. The van der Waals surface area contributed by atoms with Gasteiger partial charge >= 0.3 is 0 Å². The van der Waals surface area contributed by atoms with Gasteiger partial charge in [0.2, 0.25) is 0 Å². The molecule has 0 aliphatic carbocycles. The third kappa shape index (κ3) is 5.00. The van der Waals surface area contributed by atoms with E-state index in [-0.39, 0.29) is 0 Å². The van der Waals surface area contributed by atoms with Crippen molar-refractivity contribution in [3.05, 3.63) is 28.8 Å². The first-order valence-corrected chi connectivity index (χ1v) is 8.63. The van der Waals surface area contributed by atoms with E-state index in [1.165, 1.54) is 18.6 Å². The van der Waals surface area contributed by atoms with Crippen LogP contribution in [0.3, 0.4) is 0 Å². The van der Waals surface area contributed by atoms with E-state index in [1.54, 1.807) is 14.2 Å². The Bertz CT molecular complexity index is 490. The summed E-state index contributed by atoms with van der Waals surface area (Å²) in [5.74, 6) is 4.04. The second-order valence-electron chi connectivity index (χ2n) is 4.94. The number of ether oxygens (including phenoxy) is 1. The largest absolute Gasteiger partial charge is 0.496 e. The molecule has 116 valence electrons. The van der Waals surface area contributed by atoms with E-state index in [1.807, 2.05) is 30.0 Å². The fraction of sp³-hybridized carbons (Fsp3) is 0.533. The van der Waals surface area contributed by atoms with Crippen molar-refractivity contribution in [3.63, 3.8) is 0 Å². The second-order valence-corrected chi connectivity index (χ2v) is 6.53. The minimum absolute atomic E-state index is 0.502. The summed E-state index contributed by atoms with van der Waals surface area (Å²) in [5, 5.41) is 7.49. The lowest BCUT2D eigenvalue weighted by molar-refractivity contribution is 0.409. The van der Waals surface area contributed by atoms with Gasteiger partial charge in [-0.05, 0) is 30.7 Å². The summed E-state index contributed by atoms with van der Waals surface area (Å²) in [6.07, 6.45) is 2.47. The number of halogens is 1. The Morgan fingerprint density at radius 1 is 1.52 bits per heavy atom. The molecule has 0 bridgehead atoms. The van der Waals surface area contributed by atoms with Gasteiger partial charge in [-0.15, -0.1) is 0 Å². The number of benzene rings is 1. The zero-order valence-electron chi connectivity index (χ0n) is 12.5. The molecular formula is C15H22ClN3OS. The highest BCUT2D eigenvalue weighted by atomic mass is 35.5. The summed E-state index contributed by atoms with van der Waals surface area (Å²) in [4.78, 5) is 4.29. The van der Waals surface area contributed by atoms with Gasteiger partial charge in [0.15, 0.2) is 5.96 Å². The molecule has 2 N–H and O–H groups in total. The van der Waals surface area contributed by atoms with Crippen LogP contribution in [0.2, 0.25) is 5.02 Å². The Balaban J connectivity index is 1.91. The normalized spacial score (nSPS) is 19.2. The Morgan fingerprint density at radius 2 is 2.38 bits per heavy atom. The van der Waals surface area contributed by atoms with Crippen LogP contribution in [-0.4, -0.2) is 37.7 Å². The topological polar surface area (TPSA) is 45.7 Å². The number of hydrogen-bond acceptors (Lipinski definition) is 3. The standard InChI is InChI=1S/C15H22ClN3OS/c1-17-15(19-13-4-3-7-21-10-13)18-9-11-5-6-12(16)8-14(11)20-2/h5-6,8,13H,3-4,7,9-10H2,1-2H3,(H2,17,18,19). The SMILES string of the molecule is CN=C(NCc1ccc(Cl)cc1OC)NC1CCCSC1. The van der Waals surface area contributed by atoms with Gasteiger partial charge in [0, 0.05) is 36.0 Å². The molecule has 0 radical (unpaired) electrons. The molecule has 1 aromatic rings. The van der Waals surface area contributed by atoms with Crippen LogP contribution in [0, 0.1) is 0 Å². The smallest absolute Gasteiger partial charge is 0.191 e. The fourth-order valence-corrected chi connectivity index (χ4v) is 3.52. The first kappa shape index (κ1) is 16.3. The maximum Gasteiger partial charge on any atom is 0.191 e. The third-order valence-corrected chi connectivity index (χ3v) is 4.87. The number of rotatable bonds is 4. The van der Waals surface area contributed by atoms with E-state index < -0.39 is 0 Å². The minimum atomic E-state index is 0.502. The van der Waals surface area contributed by atoms with Gasteiger partial charge < -0.3 is 15.4 Å². The molecule has 1 saturated heterocycles. The molecule has 1 aliphatic heterocycles. The van der Waals surface area contributed by atoms with Gasteiger partial charge in [0.25, 0.3) is 0 Å². The van der Waals surface area contributed by atoms with Crippen molar-refractivity contribution in [3.8, 4) is 5.75 Å². The van der Waals surface area contributed by atoms with Gasteiger partial charge in [0.05, 0.1) is 7.11 Å². The van der Waals surface area contributed by atoms with E-state index in [4.69, 9.17) is 16.3 Å². The lowest BCUT2D eigenvalue weighted by Gasteiger charge is -2.24. The third-order valence-electron chi connectivity index (χ3n) is 3.42. The molecule has 1 atom stereocenters. The van der Waals surface area contributed by atoms with Crippen LogP contribution in [0.5, 0.6) is 5.75 Å². The van der Waals surface area contributed by atoms with Crippen LogP contribution >= 0.6 is 23.4 Å². The average Bonchev–Trinajstić information content (AvgIpc) is 2.53. The van der Waals surface area contributed by atoms with Crippen molar-refractivity contribution in [2.24, 2.45) is 4.99 Å². The molecule has 1 aliphatic rings. The molecule has 1 heterocycles. The number of nitrogens with zero attached hydrogens (tertiary/aromatic N) is 1. The van der Waals surface area contributed by atoms with Crippen molar-refractivity contribution < 1.29 is 4.74 Å².